The molecule has 2 aromatic rings. The van der Waals surface area contributed by atoms with E-state index in [4.69, 9.17) is 0 Å². The second kappa shape index (κ2) is 9.15. The second-order valence-corrected chi connectivity index (χ2v) is 7.20. The van der Waals surface area contributed by atoms with Crippen LogP contribution in [0, 0.1) is 11.6 Å². The van der Waals surface area contributed by atoms with Gasteiger partial charge in [-0.3, -0.25) is 4.79 Å². The molecule has 1 aliphatic rings. The van der Waals surface area contributed by atoms with Gasteiger partial charge >= 0.3 is 0 Å². The fourth-order valence-corrected chi connectivity index (χ4v) is 3.71. The van der Waals surface area contributed by atoms with Gasteiger partial charge in [0.1, 0.15) is 5.75 Å². The molecule has 150 valence electrons. The van der Waals surface area contributed by atoms with Gasteiger partial charge in [0.25, 0.3) is 0 Å². The molecule has 0 atom stereocenters. The molecule has 4 nitrogen and oxygen atoms in total. The van der Waals surface area contributed by atoms with Gasteiger partial charge in [0, 0.05) is 43.9 Å². The summed E-state index contributed by atoms with van der Waals surface area (Å²) in [6, 6.07) is 10.9. The number of anilines is 1. The number of benzene rings is 2. The number of hydrogen-bond acceptors (Lipinski definition) is 3. The maximum Gasteiger partial charge on any atom is 0.226 e. The number of halogens is 2. The lowest BCUT2D eigenvalue weighted by Crippen LogP contribution is -2.48. The quantitative estimate of drug-likeness (QED) is 0.810. The molecule has 0 aromatic heterocycles. The topological polar surface area (TPSA) is 43.8 Å². The van der Waals surface area contributed by atoms with Crippen LogP contribution in [0.5, 0.6) is 5.75 Å². The maximum absolute atomic E-state index is 13.7. The maximum atomic E-state index is 13.7. The van der Waals surface area contributed by atoms with Crippen LogP contribution in [0.1, 0.15) is 31.7 Å². The summed E-state index contributed by atoms with van der Waals surface area (Å²) in [5, 5.41) is 9.36. The van der Waals surface area contributed by atoms with Gasteiger partial charge in [-0.05, 0) is 49.1 Å². The summed E-state index contributed by atoms with van der Waals surface area (Å²) in [4.78, 5) is 16.5. The normalized spacial score (nSPS) is 15.5. The van der Waals surface area contributed by atoms with E-state index in [1.165, 1.54) is 11.6 Å². The fourth-order valence-electron chi connectivity index (χ4n) is 3.71. The minimum Gasteiger partial charge on any atom is -0.508 e. The summed E-state index contributed by atoms with van der Waals surface area (Å²) in [6.45, 7) is 4.38. The van der Waals surface area contributed by atoms with Crippen LogP contribution in [0.3, 0.4) is 0 Å². The Hall–Kier alpha value is -2.47. The van der Waals surface area contributed by atoms with Crippen molar-refractivity contribution in [3.05, 3.63) is 59.7 Å². The highest BCUT2D eigenvalue weighted by Gasteiger charge is 2.28. The second-order valence-electron chi connectivity index (χ2n) is 7.20. The molecule has 0 aliphatic carbocycles. The fraction of sp³-hybridized carbons (Fsp3) is 0.409. The first-order chi connectivity index (χ1) is 13.5. The van der Waals surface area contributed by atoms with Gasteiger partial charge in [-0.2, -0.15) is 0 Å². The lowest BCUT2D eigenvalue weighted by atomic mass is 10.0. The van der Waals surface area contributed by atoms with Crippen LogP contribution >= 0.6 is 0 Å². The number of likely N-dealkylation sites (tertiary alicyclic amines) is 1. The lowest BCUT2D eigenvalue weighted by Gasteiger charge is -2.38. The van der Waals surface area contributed by atoms with Crippen LogP contribution in [0.2, 0.25) is 0 Å². The average molecular weight is 388 g/mol. The molecule has 0 radical (unpaired) electrons. The highest BCUT2D eigenvalue weighted by Crippen LogP contribution is 2.26. The molecule has 1 heterocycles. The van der Waals surface area contributed by atoms with Gasteiger partial charge in [-0.25, -0.2) is 8.78 Å². The van der Waals surface area contributed by atoms with Gasteiger partial charge < -0.3 is 14.9 Å². The van der Waals surface area contributed by atoms with Crippen LogP contribution in [0.25, 0.3) is 0 Å². The number of carbonyl (C=O) groups excluding carboxylic acids is 1. The van der Waals surface area contributed by atoms with Crippen LogP contribution < -0.4 is 4.90 Å². The Morgan fingerprint density at radius 3 is 2.39 bits per heavy atom. The molecular weight excluding hydrogens is 362 g/mol. The third kappa shape index (κ3) is 4.87. The number of phenols is 1. The van der Waals surface area contributed by atoms with Crippen molar-refractivity contribution >= 4 is 11.6 Å². The molecule has 3 rings (SSSR count). The SMILES string of the molecule is CCC(=O)N(c1ccc(F)c(F)c1)C1CCN(CCc2ccc(O)cc2)CC1. The van der Waals surface area contributed by atoms with E-state index in [-0.39, 0.29) is 17.7 Å². The number of carbonyl (C=O) groups is 1. The molecule has 1 aliphatic heterocycles. The number of nitrogens with zero attached hydrogens (tertiary/aromatic N) is 2. The molecule has 1 saturated heterocycles. The lowest BCUT2D eigenvalue weighted by molar-refractivity contribution is -0.119. The summed E-state index contributed by atoms with van der Waals surface area (Å²) in [7, 11) is 0. The van der Waals surface area contributed by atoms with Crippen LogP contribution in [0.15, 0.2) is 42.5 Å². The van der Waals surface area contributed by atoms with Crippen molar-refractivity contribution in [1.82, 2.24) is 4.90 Å². The van der Waals surface area contributed by atoms with Crippen molar-refractivity contribution in [2.45, 2.75) is 38.6 Å². The molecule has 0 unspecified atom stereocenters. The van der Waals surface area contributed by atoms with E-state index < -0.39 is 11.6 Å². The number of amides is 1. The third-order valence-electron chi connectivity index (χ3n) is 5.33. The molecule has 1 N–H and O–H groups in total. The number of phenolic OH excluding ortho intramolecular Hbond substituents is 1. The number of hydrogen-bond donors (Lipinski definition) is 1. The van der Waals surface area contributed by atoms with Gasteiger partial charge in [-0.15, -0.1) is 0 Å². The van der Waals surface area contributed by atoms with Gasteiger partial charge in [0.15, 0.2) is 11.6 Å². The Labute approximate surface area is 164 Å². The van der Waals surface area contributed by atoms with E-state index in [1.807, 2.05) is 12.1 Å². The molecule has 0 spiro atoms. The van der Waals surface area contributed by atoms with Crippen LogP contribution in [-0.4, -0.2) is 41.6 Å². The van der Waals surface area contributed by atoms with E-state index in [2.05, 4.69) is 4.90 Å². The Bertz CT molecular complexity index is 803. The van der Waals surface area contributed by atoms with Gasteiger partial charge in [0.2, 0.25) is 5.91 Å². The summed E-state index contributed by atoms with van der Waals surface area (Å²) >= 11 is 0. The molecule has 0 saturated carbocycles. The largest absolute Gasteiger partial charge is 0.508 e. The first kappa shape index (κ1) is 20.3. The van der Waals surface area contributed by atoms with Crippen molar-refractivity contribution in [1.29, 1.82) is 0 Å². The Morgan fingerprint density at radius 2 is 1.79 bits per heavy atom. The van der Waals surface area contributed by atoms with Crippen molar-refractivity contribution in [3.63, 3.8) is 0 Å². The van der Waals surface area contributed by atoms with E-state index in [0.29, 0.717) is 12.1 Å². The highest BCUT2D eigenvalue weighted by molar-refractivity contribution is 5.93. The van der Waals surface area contributed by atoms with Crippen molar-refractivity contribution in [2.75, 3.05) is 24.5 Å². The molecule has 6 heteroatoms. The average Bonchev–Trinajstić information content (AvgIpc) is 2.71. The van der Waals surface area contributed by atoms with E-state index in [9.17, 15) is 18.7 Å². The minimum atomic E-state index is -0.933. The number of rotatable bonds is 6. The van der Waals surface area contributed by atoms with E-state index in [1.54, 1.807) is 24.0 Å². The zero-order valence-corrected chi connectivity index (χ0v) is 16.1. The molecule has 1 amide bonds. The molecule has 0 bridgehead atoms. The summed E-state index contributed by atoms with van der Waals surface area (Å²) in [5.41, 5.74) is 1.60. The Morgan fingerprint density at radius 1 is 1.11 bits per heavy atom. The molecule has 28 heavy (non-hydrogen) atoms. The first-order valence-electron chi connectivity index (χ1n) is 9.75. The predicted molar refractivity (Wildman–Crippen MR) is 105 cm³/mol. The van der Waals surface area contributed by atoms with Crippen LogP contribution in [0.4, 0.5) is 14.5 Å². The van der Waals surface area contributed by atoms with E-state index in [0.717, 1.165) is 51.0 Å². The predicted octanol–water partition coefficient (Wildman–Crippen LogP) is 4.12. The minimum absolute atomic E-state index is 0.0118. The molecule has 2 aromatic carbocycles. The van der Waals surface area contributed by atoms with Crippen molar-refractivity contribution in [2.24, 2.45) is 0 Å². The number of aromatic hydroxyl groups is 1. The summed E-state index contributed by atoms with van der Waals surface area (Å²) in [6.07, 6.45) is 2.80. The molecule has 1 fully saturated rings. The summed E-state index contributed by atoms with van der Waals surface area (Å²) < 4.78 is 27.0. The summed E-state index contributed by atoms with van der Waals surface area (Å²) in [5.74, 6) is -1.65. The van der Waals surface area contributed by atoms with Crippen LogP contribution in [-0.2, 0) is 11.2 Å². The van der Waals surface area contributed by atoms with Gasteiger partial charge in [-0.1, -0.05) is 19.1 Å². The molecular formula is C22H26F2N2O2. The third-order valence-corrected chi connectivity index (χ3v) is 5.33. The standard InChI is InChI=1S/C22H26F2N2O2/c1-2-22(28)26(18-5-8-20(23)21(24)15-18)17-10-13-25(14-11-17)12-9-16-3-6-19(27)7-4-16/h3-8,15,17,27H,2,9-14H2,1H3. The monoisotopic (exact) mass is 388 g/mol. The van der Waals surface area contributed by atoms with Gasteiger partial charge in [0.05, 0.1) is 0 Å². The zero-order chi connectivity index (χ0) is 20.1. The smallest absolute Gasteiger partial charge is 0.226 e. The first-order valence-corrected chi connectivity index (χ1v) is 9.75. The van der Waals surface area contributed by atoms with E-state index >= 15 is 0 Å². The Balaban J connectivity index is 1.61. The zero-order valence-electron chi connectivity index (χ0n) is 16.1. The number of piperidine rings is 1. The highest BCUT2D eigenvalue weighted by atomic mass is 19.2. The van der Waals surface area contributed by atoms with Crippen molar-refractivity contribution < 1.29 is 18.7 Å². The Kier molecular flexibility index (Phi) is 6.62. The van der Waals surface area contributed by atoms with Crippen molar-refractivity contribution in [3.8, 4) is 5.75 Å².